The van der Waals surface area contributed by atoms with Gasteiger partial charge in [0.1, 0.15) is 0 Å². The molecule has 0 unspecified atom stereocenters. The lowest BCUT2D eigenvalue weighted by Gasteiger charge is -2.03. The highest BCUT2D eigenvalue weighted by atomic mass is 16.3. The average molecular weight is 142 g/mol. The molecule has 0 aliphatic heterocycles. The largest absolute Gasteiger partial charge is 0.393 e. The molecular formula is C9H18O. The fraction of sp³-hybridized carbons (Fsp3) is 0.778. The molecule has 1 atom stereocenters. The van der Waals surface area contributed by atoms with Crippen LogP contribution < -0.4 is 0 Å². The predicted octanol–water partition coefficient (Wildman–Crippen LogP) is 2.50. The molecule has 0 fully saturated rings. The van der Waals surface area contributed by atoms with Crippen LogP contribution in [0.25, 0.3) is 0 Å². The van der Waals surface area contributed by atoms with Crippen molar-refractivity contribution in [3.8, 4) is 0 Å². The quantitative estimate of drug-likeness (QED) is 0.598. The molecule has 10 heavy (non-hydrogen) atoms. The van der Waals surface area contributed by atoms with Gasteiger partial charge in [-0.15, -0.1) is 0 Å². The second-order valence-corrected chi connectivity index (χ2v) is 2.70. The van der Waals surface area contributed by atoms with Crippen LogP contribution in [0.5, 0.6) is 0 Å². The maximum Gasteiger partial charge on any atom is 0.0572 e. The van der Waals surface area contributed by atoms with Crippen LogP contribution in [0.4, 0.5) is 0 Å². The highest BCUT2D eigenvalue weighted by molar-refractivity contribution is 4.97. The molecule has 0 aliphatic carbocycles. The zero-order valence-corrected chi connectivity index (χ0v) is 7.22. The first-order chi connectivity index (χ1) is 4.70. The van der Waals surface area contributed by atoms with Gasteiger partial charge in [-0.25, -0.2) is 0 Å². The van der Waals surface area contributed by atoms with E-state index in [1.807, 2.05) is 6.92 Å². The Kier molecular flexibility index (Phi) is 5.32. The summed E-state index contributed by atoms with van der Waals surface area (Å²) in [5.41, 5.74) is 1.37. The summed E-state index contributed by atoms with van der Waals surface area (Å²) >= 11 is 0. The van der Waals surface area contributed by atoms with Gasteiger partial charge in [0.05, 0.1) is 6.10 Å². The molecule has 0 spiro atoms. The third-order valence-electron chi connectivity index (χ3n) is 1.77. The lowest BCUT2D eigenvalue weighted by molar-refractivity contribution is 0.173. The second-order valence-electron chi connectivity index (χ2n) is 2.70. The Labute approximate surface area is 63.8 Å². The molecule has 0 saturated heterocycles. The van der Waals surface area contributed by atoms with Gasteiger partial charge in [0, 0.05) is 0 Å². The highest BCUT2D eigenvalue weighted by Gasteiger charge is 1.95. The van der Waals surface area contributed by atoms with Gasteiger partial charge in [-0.3, -0.25) is 0 Å². The van der Waals surface area contributed by atoms with E-state index in [1.165, 1.54) is 5.57 Å². The van der Waals surface area contributed by atoms with Gasteiger partial charge >= 0.3 is 0 Å². The van der Waals surface area contributed by atoms with Gasteiger partial charge in [-0.05, 0) is 26.2 Å². The maximum atomic E-state index is 9.16. The molecule has 0 bridgehead atoms. The number of rotatable bonds is 4. The smallest absolute Gasteiger partial charge is 0.0572 e. The van der Waals surface area contributed by atoms with Crippen LogP contribution in [-0.2, 0) is 0 Å². The summed E-state index contributed by atoms with van der Waals surface area (Å²) in [6.45, 7) is 6.23. The van der Waals surface area contributed by atoms with E-state index in [-0.39, 0.29) is 6.10 Å². The third kappa shape index (κ3) is 4.57. The van der Waals surface area contributed by atoms with E-state index in [0.717, 1.165) is 19.3 Å². The summed E-state index contributed by atoms with van der Waals surface area (Å²) in [5, 5.41) is 9.16. The lowest BCUT2D eigenvalue weighted by atomic mass is 10.1. The van der Waals surface area contributed by atoms with E-state index in [9.17, 15) is 0 Å². The summed E-state index contributed by atoms with van der Waals surface area (Å²) < 4.78 is 0. The van der Waals surface area contributed by atoms with Crippen molar-refractivity contribution < 1.29 is 5.11 Å². The molecule has 0 radical (unpaired) electrons. The molecule has 0 aromatic heterocycles. The molecule has 0 rings (SSSR count). The van der Waals surface area contributed by atoms with Crippen molar-refractivity contribution in [2.45, 2.75) is 46.1 Å². The minimum atomic E-state index is -0.138. The summed E-state index contributed by atoms with van der Waals surface area (Å²) in [6, 6.07) is 0. The molecule has 1 N–H and O–H groups in total. The normalized spacial score (nSPS) is 15.4. The van der Waals surface area contributed by atoms with Gasteiger partial charge in [0.25, 0.3) is 0 Å². The van der Waals surface area contributed by atoms with Gasteiger partial charge in [0.15, 0.2) is 0 Å². The molecule has 0 aromatic rings. The van der Waals surface area contributed by atoms with Crippen molar-refractivity contribution in [1.82, 2.24) is 0 Å². The summed E-state index contributed by atoms with van der Waals surface area (Å²) in [5.74, 6) is 0. The minimum absolute atomic E-state index is 0.138. The van der Waals surface area contributed by atoms with Crippen LogP contribution in [0, 0.1) is 0 Å². The van der Waals surface area contributed by atoms with E-state index in [0.29, 0.717) is 0 Å². The van der Waals surface area contributed by atoms with E-state index in [2.05, 4.69) is 19.9 Å². The van der Waals surface area contributed by atoms with Gasteiger partial charge < -0.3 is 5.11 Å². The van der Waals surface area contributed by atoms with Crippen LogP contribution in [0.1, 0.15) is 40.0 Å². The number of aliphatic hydroxyl groups is 1. The Hall–Kier alpha value is -0.300. The molecular weight excluding hydrogens is 124 g/mol. The van der Waals surface area contributed by atoms with E-state index in [4.69, 9.17) is 5.11 Å². The van der Waals surface area contributed by atoms with Crippen molar-refractivity contribution in [3.05, 3.63) is 11.6 Å². The fourth-order valence-electron chi connectivity index (χ4n) is 0.648. The number of allylic oxidation sites excluding steroid dienone is 1. The van der Waals surface area contributed by atoms with Gasteiger partial charge in [-0.1, -0.05) is 25.5 Å². The predicted molar refractivity (Wildman–Crippen MR) is 45.0 cm³/mol. The SMILES string of the molecule is CC/C(C)=C/C[C@H](O)CC. The zero-order chi connectivity index (χ0) is 7.98. The fourth-order valence-corrected chi connectivity index (χ4v) is 0.648. The average Bonchev–Trinajstić information content (AvgIpc) is 1.99. The van der Waals surface area contributed by atoms with Crippen molar-refractivity contribution in [2.24, 2.45) is 0 Å². The molecule has 1 nitrogen and oxygen atoms in total. The van der Waals surface area contributed by atoms with E-state index in [1.54, 1.807) is 0 Å². The van der Waals surface area contributed by atoms with Crippen molar-refractivity contribution in [2.75, 3.05) is 0 Å². The van der Waals surface area contributed by atoms with Crippen LogP contribution in [0.3, 0.4) is 0 Å². The molecule has 0 amide bonds. The standard InChI is InChI=1S/C9H18O/c1-4-8(3)6-7-9(10)5-2/h6,9-10H,4-5,7H2,1-3H3/b8-6+/t9-/m1/s1. The van der Waals surface area contributed by atoms with Crippen LogP contribution in [0.15, 0.2) is 11.6 Å². The highest BCUT2D eigenvalue weighted by Crippen LogP contribution is 2.04. The van der Waals surface area contributed by atoms with E-state index >= 15 is 0 Å². The first-order valence-electron chi connectivity index (χ1n) is 4.04. The molecule has 60 valence electrons. The summed E-state index contributed by atoms with van der Waals surface area (Å²) in [6.07, 6.45) is 4.75. The monoisotopic (exact) mass is 142 g/mol. The van der Waals surface area contributed by atoms with Gasteiger partial charge in [0.2, 0.25) is 0 Å². The Balaban J connectivity index is 3.50. The molecule has 0 heterocycles. The number of hydrogen-bond donors (Lipinski definition) is 1. The molecule has 1 heteroatoms. The van der Waals surface area contributed by atoms with Crippen LogP contribution in [-0.4, -0.2) is 11.2 Å². The summed E-state index contributed by atoms with van der Waals surface area (Å²) in [7, 11) is 0. The second kappa shape index (κ2) is 5.48. The van der Waals surface area contributed by atoms with E-state index < -0.39 is 0 Å². The topological polar surface area (TPSA) is 20.2 Å². The maximum absolute atomic E-state index is 9.16. The Morgan fingerprint density at radius 3 is 2.50 bits per heavy atom. The Bertz CT molecular complexity index is 105. The Morgan fingerprint density at radius 2 is 2.10 bits per heavy atom. The van der Waals surface area contributed by atoms with Crippen LogP contribution >= 0.6 is 0 Å². The third-order valence-corrected chi connectivity index (χ3v) is 1.77. The van der Waals surface area contributed by atoms with Gasteiger partial charge in [-0.2, -0.15) is 0 Å². The minimum Gasteiger partial charge on any atom is -0.393 e. The van der Waals surface area contributed by atoms with Crippen molar-refractivity contribution in [3.63, 3.8) is 0 Å². The first kappa shape index (κ1) is 9.70. The Morgan fingerprint density at radius 1 is 1.50 bits per heavy atom. The molecule has 0 aliphatic rings. The van der Waals surface area contributed by atoms with Crippen molar-refractivity contribution in [1.29, 1.82) is 0 Å². The number of hydrogen-bond acceptors (Lipinski definition) is 1. The zero-order valence-electron chi connectivity index (χ0n) is 7.22. The summed E-state index contributed by atoms with van der Waals surface area (Å²) in [4.78, 5) is 0. The number of aliphatic hydroxyl groups excluding tert-OH is 1. The lowest BCUT2D eigenvalue weighted by Crippen LogP contribution is -2.01. The molecule has 0 saturated carbocycles. The van der Waals surface area contributed by atoms with Crippen LogP contribution in [0.2, 0.25) is 0 Å². The van der Waals surface area contributed by atoms with Crippen molar-refractivity contribution >= 4 is 0 Å². The molecule has 0 aromatic carbocycles. The first-order valence-corrected chi connectivity index (χ1v) is 4.04.